The Balaban J connectivity index is 1.54. The number of fused-ring (bicyclic) bond motifs is 1. The average Bonchev–Trinajstić information content (AvgIpc) is 2.79. The summed E-state index contributed by atoms with van der Waals surface area (Å²) in [4.78, 5) is 15.3. The standard InChI is InChI=1S/C25H30N2O4S/c28-25(29)14-3-7-20(15-16-21-9-5-17-26-19-21)8-6-18-27-32(30,31)24-13-4-11-22-10-1-2-12-23(22)24/h1-2,4-5,9-13,17,19-20,27H,3,6-8,14-16,18H2,(H,28,29). The third kappa shape index (κ3) is 7.14. The van der Waals surface area contributed by atoms with Gasteiger partial charge in [-0.3, -0.25) is 9.78 Å². The van der Waals surface area contributed by atoms with E-state index in [9.17, 15) is 13.2 Å². The molecule has 32 heavy (non-hydrogen) atoms. The third-order valence-corrected chi connectivity index (χ3v) is 7.21. The van der Waals surface area contributed by atoms with Gasteiger partial charge in [-0.1, -0.05) is 42.5 Å². The van der Waals surface area contributed by atoms with Crippen molar-refractivity contribution in [2.45, 2.75) is 49.8 Å². The molecule has 0 radical (unpaired) electrons. The first-order valence-corrected chi connectivity index (χ1v) is 12.5. The smallest absolute Gasteiger partial charge is 0.303 e. The summed E-state index contributed by atoms with van der Waals surface area (Å²) < 4.78 is 28.5. The normalized spacial score (nSPS) is 12.6. The number of aliphatic carboxylic acids is 1. The van der Waals surface area contributed by atoms with E-state index in [1.165, 1.54) is 0 Å². The van der Waals surface area contributed by atoms with Crippen LogP contribution in [0.15, 0.2) is 71.9 Å². The Bertz CT molecular complexity index is 1110. The second-order valence-corrected chi connectivity index (χ2v) is 9.80. The maximum atomic E-state index is 12.9. The van der Waals surface area contributed by atoms with E-state index >= 15 is 0 Å². The molecule has 2 aromatic carbocycles. The van der Waals surface area contributed by atoms with E-state index in [1.54, 1.807) is 18.3 Å². The summed E-state index contributed by atoms with van der Waals surface area (Å²) in [5, 5.41) is 10.5. The zero-order valence-electron chi connectivity index (χ0n) is 18.1. The van der Waals surface area contributed by atoms with Crippen LogP contribution in [0.25, 0.3) is 10.8 Å². The Morgan fingerprint density at radius 1 is 0.969 bits per heavy atom. The van der Waals surface area contributed by atoms with E-state index in [0.717, 1.165) is 36.6 Å². The number of carboxylic acids is 1. The maximum absolute atomic E-state index is 12.9. The molecule has 2 N–H and O–H groups in total. The summed E-state index contributed by atoms with van der Waals surface area (Å²) in [6.07, 6.45) is 8.58. The number of benzene rings is 2. The van der Waals surface area contributed by atoms with Crippen molar-refractivity contribution < 1.29 is 18.3 Å². The lowest BCUT2D eigenvalue weighted by Crippen LogP contribution is -2.25. The number of carboxylic acid groups (broad SMARTS) is 1. The highest BCUT2D eigenvalue weighted by atomic mass is 32.2. The van der Waals surface area contributed by atoms with Crippen LogP contribution in [0.2, 0.25) is 0 Å². The predicted molar refractivity (Wildman–Crippen MR) is 126 cm³/mol. The van der Waals surface area contributed by atoms with Crippen molar-refractivity contribution in [1.82, 2.24) is 9.71 Å². The van der Waals surface area contributed by atoms with E-state index in [1.807, 2.05) is 48.7 Å². The lowest BCUT2D eigenvalue weighted by molar-refractivity contribution is -0.137. The molecule has 6 nitrogen and oxygen atoms in total. The minimum absolute atomic E-state index is 0.164. The third-order valence-electron chi connectivity index (χ3n) is 5.69. The van der Waals surface area contributed by atoms with E-state index in [0.29, 0.717) is 35.6 Å². The molecule has 3 aromatic rings. The van der Waals surface area contributed by atoms with E-state index < -0.39 is 16.0 Å². The summed E-state index contributed by atoms with van der Waals surface area (Å²) >= 11 is 0. The van der Waals surface area contributed by atoms with Gasteiger partial charge in [0.25, 0.3) is 0 Å². The van der Waals surface area contributed by atoms with Crippen LogP contribution < -0.4 is 4.72 Å². The van der Waals surface area contributed by atoms with E-state index in [-0.39, 0.29) is 6.42 Å². The lowest BCUT2D eigenvalue weighted by atomic mass is 9.91. The van der Waals surface area contributed by atoms with Gasteiger partial charge >= 0.3 is 5.97 Å². The van der Waals surface area contributed by atoms with Crippen LogP contribution in [0.1, 0.15) is 44.1 Å². The monoisotopic (exact) mass is 454 g/mol. The van der Waals surface area contributed by atoms with Crippen LogP contribution in [0, 0.1) is 5.92 Å². The van der Waals surface area contributed by atoms with Crippen molar-refractivity contribution in [3.05, 3.63) is 72.6 Å². The Labute approximate surface area is 189 Å². The van der Waals surface area contributed by atoms with Crippen molar-refractivity contribution in [3.8, 4) is 0 Å². The summed E-state index contributed by atoms with van der Waals surface area (Å²) in [5.74, 6) is -0.435. The number of nitrogens with one attached hydrogen (secondary N) is 1. The van der Waals surface area contributed by atoms with Gasteiger partial charge in [-0.2, -0.15) is 0 Å². The SMILES string of the molecule is O=C(O)CCCC(CCCNS(=O)(=O)c1cccc2ccccc12)CCc1cccnc1. The van der Waals surface area contributed by atoms with Gasteiger partial charge in [0.2, 0.25) is 10.0 Å². The molecule has 0 bridgehead atoms. The zero-order chi connectivity index (χ0) is 22.8. The quantitative estimate of drug-likeness (QED) is 0.362. The van der Waals surface area contributed by atoms with Gasteiger partial charge in [0, 0.05) is 30.7 Å². The number of rotatable bonds is 13. The molecule has 1 aromatic heterocycles. The molecule has 1 unspecified atom stereocenters. The van der Waals surface area contributed by atoms with Crippen molar-refractivity contribution in [1.29, 1.82) is 0 Å². The minimum Gasteiger partial charge on any atom is -0.481 e. The highest BCUT2D eigenvalue weighted by molar-refractivity contribution is 7.89. The number of hydrogen-bond donors (Lipinski definition) is 2. The zero-order valence-corrected chi connectivity index (χ0v) is 18.9. The summed E-state index contributed by atoms with van der Waals surface area (Å²) in [6, 6.07) is 16.7. The number of hydrogen-bond acceptors (Lipinski definition) is 4. The Hall–Kier alpha value is -2.77. The summed E-state index contributed by atoms with van der Waals surface area (Å²) in [6.45, 7) is 0.355. The fraction of sp³-hybridized carbons (Fsp3) is 0.360. The number of aryl methyl sites for hydroxylation is 1. The summed E-state index contributed by atoms with van der Waals surface area (Å²) in [7, 11) is -3.60. The first-order valence-electron chi connectivity index (χ1n) is 11.0. The van der Waals surface area contributed by atoms with Gasteiger partial charge in [0.15, 0.2) is 0 Å². The predicted octanol–water partition coefficient (Wildman–Crippen LogP) is 4.80. The fourth-order valence-corrected chi connectivity index (χ4v) is 5.30. The maximum Gasteiger partial charge on any atom is 0.303 e. The Morgan fingerprint density at radius 3 is 2.53 bits per heavy atom. The molecular weight excluding hydrogens is 424 g/mol. The molecule has 0 saturated heterocycles. The summed E-state index contributed by atoms with van der Waals surface area (Å²) in [5.41, 5.74) is 1.16. The highest BCUT2D eigenvalue weighted by Gasteiger charge is 2.17. The molecule has 0 fully saturated rings. The van der Waals surface area contributed by atoms with Crippen molar-refractivity contribution >= 4 is 26.8 Å². The van der Waals surface area contributed by atoms with Gasteiger partial charge < -0.3 is 5.11 Å². The minimum atomic E-state index is -3.60. The van der Waals surface area contributed by atoms with Gasteiger partial charge in [-0.25, -0.2) is 13.1 Å². The number of nitrogens with zero attached hydrogens (tertiary/aromatic N) is 1. The molecule has 7 heteroatoms. The van der Waals surface area contributed by atoms with Crippen molar-refractivity contribution in [2.75, 3.05) is 6.54 Å². The molecule has 0 aliphatic carbocycles. The van der Waals surface area contributed by atoms with Gasteiger partial charge in [0.05, 0.1) is 4.90 Å². The molecule has 3 rings (SSSR count). The molecule has 0 amide bonds. The largest absolute Gasteiger partial charge is 0.481 e. The van der Waals surface area contributed by atoms with Crippen molar-refractivity contribution in [2.24, 2.45) is 5.92 Å². The second-order valence-electron chi connectivity index (χ2n) is 8.07. The van der Waals surface area contributed by atoms with E-state index in [4.69, 9.17) is 5.11 Å². The molecule has 0 aliphatic heterocycles. The Morgan fingerprint density at radius 2 is 1.75 bits per heavy atom. The first kappa shape index (κ1) is 23.9. The number of aromatic nitrogens is 1. The van der Waals surface area contributed by atoms with Crippen LogP contribution >= 0.6 is 0 Å². The second kappa shape index (κ2) is 11.7. The molecule has 0 spiro atoms. The van der Waals surface area contributed by atoms with E-state index in [2.05, 4.69) is 9.71 Å². The van der Waals surface area contributed by atoms with Crippen LogP contribution in [0.4, 0.5) is 0 Å². The number of sulfonamides is 1. The highest BCUT2D eigenvalue weighted by Crippen LogP contribution is 2.24. The number of carbonyl (C=O) groups is 1. The molecule has 1 heterocycles. The molecule has 170 valence electrons. The molecule has 1 atom stereocenters. The topological polar surface area (TPSA) is 96.4 Å². The van der Waals surface area contributed by atoms with Gasteiger partial charge in [-0.15, -0.1) is 0 Å². The fourth-order valence-electron chi connectivity index (χ4n) is 4.00. The molecular formula is C25H30N2O4S. The van der Waals surface area contributed by atoms with Crippen molar-refractivity contribution in [3.63, 3.8) is 0 Å². The van der Waals surface area contributed by atoms with Crippen LogP contribution in [-0.4, -0.2) is 31.0 Å². The van der Waals surface area contributed by atoms with Crippen LogP contribution in [0.3, 0.4) is 0 Å². The molecule has 0 aliphatic rings. The van der Waals surface area contributed by atoms with Crippen LogP contribution in [0.5, 0.6) is 0 Å². The van der Waals surface area contributed by atoms with Gasteiger partial charge in [-0.05, 0) is 67.5 Å². The van der Waals surface area contributed by atoms with Gasteiger partial charge in [0.1, 0.15) is 0 Å². The van der Waals surface area contributed by atoms with Crippen LogP contribution in [-0.2, 0) is 21.2 Å². The first-order chi connectivity index (χ1) is 15.5. The lowest BCUT2D eigenvalue weighted by Gasteiger charge is -2.17. The number of pyridine rings is 1. The molecule has 0 saturated carbocycles. The average molecular weight is 455 g/mol. The Kier molecular flexibility index (Phi) is 8.76.